The van der Waals surface area contributed by atoms with Gasteiger partial charge in [0, 0.05) is 71.4 Å². The van der Waals surface area contributed by atoms with Crippen molar-refractivity contribution in [2.75, 3.05) is 70.4 Å². The fraction of sp³-hybridized carbons (Fsp3) is 0.667. The molecular weight excluding hydrogens is 420 g/mol. The molecule has 0 bridgehead atoms. The van der Waals surface area contributed by atoms with Crippen LogP contribution < -0.4 is 9.64 Å². The summed E-state index contributed by atoms with van der Waals surface area (Å²) in [6.07, 6.45) is 4.14. The van der Waals surface area contributed by atoms with Gasteiger partial charge < -0.3 is 19.4 Å². The summed E-state index contributed by atoms with van der Waals surface area (Å²) in [6.45, 7) is 16.8. The number of hydrogen-bond acceptors (Lipinski definition) is 7. The molecule has 33 heavy (non-hydrogen) atoms. The lowest BCUT2D eigenvalue weighted by atomic mass is 10.1. The highest BCUT2D eigenvalue weighted by Crippen LogP contribution is 2.26. The number of piperazine rings is 2. The molecule has 3 heterocycles. The molecule has 1 aromatic rings. The number of ether oxygens (including phenoxy) is 1. The SMILES string of the molecule is C=CC(=O)N1CCN(c2nc(OCCN3CCN(C(C)=O)CC3)nc(CC)c2CCC)CC1. The Morgan fingerprint density at radius 3 is 2.24 bits per heavy atom. The van der Waals surface area contributed by atoms with Gasteiger partial charge in [0.25, 0.3) is 0 Å². The zero-order valence-corrected chi connectivity index (χ0v) is 20.4. The Morgan fingerprint density at radius 1 is 1.00 bits per heavy atom. The monoisotopic (exact) mass is 458 g/mol. The number of carbonyl (C=O) groups is 2. The second kappa shape index (κ2) is 12.0. The molecule has 0 N–H and O–H groups in total. The standard InChI is InChI=1S/C24H38N6O3/c1-5-8-20-21(6-2)25-24(33-18-17-27-9-11-28(12-10-27)19(4)31)26-23(20)30-15-13-29(14-16-30)22(32)7-3/h7H,3,5-6,8-18H2,1-2,4H3. The van der Waals surface area contributed by atoms with Crippen LogP contribution in [0.3, 0.4) is 0 Å². The first-order valence-electron chi connectivity index (χ1n) is 12.1. The van der Waals surface area contributed by atoms with Crippen LogP contribution in [0.15, 0.2) is 12.7 Å². The van der Waals surface area contributed by atoms with Gasteiger partial charge in [-0.15, -0.1) is 0 Å². The average molecular weight is 459 g/mol. The Morgan fingerprint density at radius 2 is 1.67 bits per heavy atom. The highest BCUT2D eigenvalue weighted by atomic mass is 16.5. The molecule has 2 aliphatic heterocycles. The van der Waals surface area contributed by atoms with Crippen LogP contribution in [0.4, 0.5) is 5.82 Å². The van der Waals surface area contributed by atoms with Crippen molar-refractivity contribution in [3.8, 4) is 6.01 Å². The van der Waals surface area contributed by atoms with Crippen LogP contribution in [0.2, 0.25) is 0 Å². The number of rotatable bonds is 9. The first-order chi connectivity index (χ1) is 16.0. The Bertz CT molecular complexity index is 830. The molecule has 1 aromatic heterocycles. The fourth-order valence-corrected chi connectivity index (χ4v) is 4.44. The zero-order chi connectivity index (χ0) is 23.8. The fourth-order valence-electron chi connectivity index (χ4n) is 4.44. The smallest absolute Gasteiger partial charge is 0.318 e. The average Bonchev–Trinajstić information content (AvgIpc) is 2.84. The van der Waals surface area contributed by atoms with Gasteiger partial charge >= 0.3 is 6.01 Å². The summed E-state index contributed by atoms with van der Waals surface area (Å²) in [6, 6.07) is 0.425. The van der Waals surface area contributed by atoms with E-state index in [9.17, 15) is 9.59 Å². The van der Waals surface area contributed by atoms with Crippen molar-refractivity contribution in [2.45, 2.75) is 40.0 Å². The van der Waals surface area contributed by atoms with E-state index in [1.54, 1.807) is 6.92 Å². The third-order valence-electron chi connectivity index (χ3n) is 6.41. The molecule has 2 aliphatic rings. The largest absolute Gasteiger partial charge is 0.462 e. The lowest BCUT2D eigenvalue weighted by Crippen LogP contribution is -2.49. The molecule has 2 saturated heterocycles. The minimum Gasteiger partial charge on any atom is -0.462 e. The molecule has 9 nitrogen and oxygen atoms in total. The van der Waals surface area contributed by atoms with Crippen LogP contribution in [0.1, 0.15) is 38.4 Å². The summed E-state index contributed by atoms with van der Waals surface area (Å²) in [7, 11) is 0. The van der Waals surface area contributed by atoms with E-state index in [1.165, 1.54) is 11.6 Å². The number of amides is 2. The molecule has 2 amide bonds. The van der Waals surface area contributed by atoms with E-state index >= 15 is 0 Å². The van der Waals surface area contributed by atoms with E-state index in [4.69, 9.17) is 14.7 Å². The maximum atomic E-state index is 12.0. The van der Waals surface area contributed by atoms with Crippen molar-refractivity contribution >= 4 is 17.6 Å². The van der Waals surface area contributed by atoms with Crippen molar-refractivity contribution in [3.05, 3.63) is 23.9 Å². The van der Waals surface area contributed by atoms with Crippen LogP contribution in [0, 0.1) is 0 Å². The second-order valence-corrected chi connectivity index (χ2v) is 8.57. The first kappa shape index (κ1) is 25.0. The van der Waals surface area contributed by atoms with Crippen LogP contribution in [0.25, 0.3) is 0 Å². The number of anilines is 1. The summed E-state index contributed by atoms with van der Waals surface area (Å²) >= 11 is 0. The predicted octanol–water partition coefficient (Wildman–Crippen LogP) is 1.37. The summed E-state index contributed by atoms with van der Waals surface area (Å²) in [4.78, 5) is 41.3. The van der Waals surface area contributed by atoms with E-state index in [-0.39, 0.29) is 11.8 Å². The summed E-state index contributed by atoms with van der Waals surface area (Å²) in [5, 5.41) is 0. The normalized spacial score (nSPS) is 17.2. The van der Waals surface area contributed by atoms with E-state index in [0.717, 1.165) is 76.6 Å². The summed E-state index contributed by atoms with van der Waals surface area (Å²) in [5.41, 5.74) is 2.23. The summed E-state index contributed by atoms with van der Waals surface area (Å²) < 4.78 is 6.02. The molecule has 182 valence electrons. The van der Waals surface area contributed by atoms with Crippen LogP contribution in [-0.4, -0.2) is 102 Å². The Labute approximate surface area is 197 Å². The Kier molecular flexibility index (Phi) is 9.05. The Balaban J connectivity index is 1.66. The van der Waals surface area contributed by atoms with Gasteiger partial charge in [-0.25, -0.2) is 0 Å². The third kappa shape index (κ3) is 6.43. The van der Waals surface area contributed by atoms with Gasteiger partial charge in [0.1, 0.15) is 12.4 Å². The number of nitrogens with zero attached hydrogens (tertiary/aromatic N) is 6. The highest BCUT2D eigenvalue weighted by molar-refractivity contribution is 5.87. The van der Waals surface area contributed by atoms with Crippen molar-refractivity contribution in [1.82, 2.24) is 24.7 Å². The van der Waals surface area contributed by atoms with Crippen molar-refractivity contribution in [2.24, 2.45) is 0 Å². The van der Waals surface area contributed by atoms with Gasteiger partial charge in [0.15, 0.2) is 0 Å². The van der Waals surface area contributed by atoms with Crippen LogP contribution in [-0.2, 0) is 22.4 Å². The molecule has 0 aliphatic carbocycles. The molecule has 2 fully saturated rings. The first-order valence-corrected chi connectivity index (χ1v) is 12.1. The molecule has 0 saturated carbocycles. The predicted molar refractivity (Wildman–Crippen MR) is 129 cm³/mol. The van der Waals surface area contributed by atoms with Gasteiger partial charge in [-0.3, -0.25) is 14.5 Å². The van der Waals surface area contributed by atoms with Gasteiger partial charge in [0.2, 0.25) is 11.8 Å². The lowest BCUT2D eigenvalue weighted by Gasteiger charge is -2.36. The molecule has 0 aromatic carbocycles. The van der Waals surface area contributed by atoms with E-state index in [0.29, 0.717) is 25.7 Å². The van der Waals surface area contributed by atoms with Crippen molar-refractivity contribution in [1.29, 1.82) is 0 Å². The van der Waals surface area contributed by atoms with E-state index < -0.39 is 0 Å². The summed E-state index contributed by atoms with van der Waals surface area (Å²) in [5.74, 6) is 1.06. The molecule has 0 atom stereocenters. The van der Waals surface area contributed by atoms with Crippen molar-refractivity contribution < 1.29 is 14.3 Å². The minimum atomic E-state index is -0.0199. The highest BCUT2D eigenvalue weighted by Gasteiger charge is 2.25. The van der Waals surface area contributed by atoms with Crippen LogP contribution in [0.5, 0.6) is 6.01 Å². The lowest BCUT2D eigenvalue weighted by molar-refractivity contribution is -0.130. The molecule has 9 heteroatoms. The molecule has 0 spiro atoms. The van der Waals surface area contributed by atoms with Crippen molar-refractivity contribution in [3.63, 3.8) is 0 Å². The van der Waals surface area contributed by atoms with Gasteiger partial charge in [-0.2, -0.15) is 9.97 Å². The second-order valence-electron chi connectivity index (χ2n) is 8.57. The van der Waals surface area contributed by atoms with Crippen LogP contribution >= 0.6 is 0 Å². The minimum absolute atomic E-state index is 0.0199. The quantitative estimate of drug-likeness (QED) is 0.517. The molecule has 0 radical (unpaired) electrons. The number of aryl methyl sites for hydroxylation is 1. The number of carbonyl (C=O) groups excluding carboxylic acids is 2. The van der Waals surface area contributed by atoms with Gasteiger partial charge in [-0.05, 0) is 18.9 Å². The molecule has 3 rings (SSSR count). The third-order valence-corrected chi connectivity index (χ3v) is 6.41. The van der Waals surface area contributed by atoms with E-state index in [2.05, 4.69) is 30.2 Å². The maximum absolute atomic E-state index is 12.0. The van der Waals surface area contributed by atoms with Gasteiger partial charge in [-0.1, -0.05) is 26.8 Å². The molecular formula is C24H38N6O3. The zero-order valence-electron chi connectivity index (χ0n) is 20.4. The maximum Gasteiger partial charge on any atom is 0.318 e. The number of aromatic nitrogens is 2. The topological polar surface area (TPSA) is 82.1 Å². The Hall–Kier alpha value is -2.68. The molecule has 0 unspecified atom stereocenters. The van der Waals surface area contributed by atoms with E-state index in [1.807, 2.05) is 9.80 Å². The van der Waals surface area contributed by atoms with Gasteiger partial charge in [0.05, 0.1) is 5.69 Å². The number of hydrogen-bond donors (Lipinski definition) is 0.